The van der Waals surface area contributed by atoms with Gasteiger partial charge in [0.2, 0.25) is 0 Å². The lowest BCUT2D eigenvalue weighted by Gasteiger charge is -2.32. The molecule has 0 saturated carbocycles. The monoisotopic (exact) mass is 436 g/mol. The lowest BCUT2D eigenvalue weighted by atomic mass is 9.98. The first-order valence-electron chi connectivity index (χ1n) is 8.87. The molecule has 1 fully saturated rings. The Morgan fingerprint density at radius 2 is 1.90 bits per heavy atom. The van der Waals surface area contributed by atoms with E-state index >= 15 is 4.39 Å². The van der Waals surface area contributed by atoms with Gasteiger partial charge in [0.15, 0.2) is 24.1 Å². The zero-order valence-electron chi connectivity index (χ0n) is 16.6. The first kappa shape index (κ1) is 24.8. The number of aliphatic imine (C=N–C) groups is 1. The number of nitrogens with one attached hydrogen (secondary N) is 2. The highest BCUT2D eigenvalue weighted by atomic mass is 35.5. The van der Waals surface area contributed by atoms with Gasteiger partial charge in [0.1, 0.15) is 12.4 Å². The Balaban J connectivity index is 3.12. The minimum Gasteiger partial charge on any atom is -0.462 e. The van der Waals surface area contributed by atoms with E-state index in [4.69, 9.17) is 37.0 Å². The fraction of sp³-hybridized carbons (Fsp3) is 0.706. The number of carbonyl (C=O) groups excluding carboxylic acids is 3. The molecule has 1 saturated heterocycles. The van der Waals surface area contributed by atoms with Crippen LogP contribution >= 0.6 is 11.6 Å². The van der Waals surface area contributed by atoms with E-state index in [0.717, 1.165) is 0 Å². The first-order chi connectivity index (χ1) is 13.5. The molecule has 0 spiro atoms. The van der Waals surface area contributed by atoms with Crippen LogP contribution in [0.25, 0.3) is 0 Å². The van der Waals surface area contributed by atoms with Gasteiger partial charge in [-0.05, 0) is 0 Å². The molecule has 1 aliphatic rings. The zero-order valence-corrected chi connectivity index (χ0v) is 17.4. The van der Waals surface area contributed by atoms with E-state index in [1.807, 2.05) is 0 Å². The molecule has 10 nitrogen and oxygen atoms in total. The summed E-state index contributed by atoms with van der Waals surface area (Å²) in [6, 6.07) is -1.07. The van der Waals surface area contributed by atoms with Crippen molar-refractivity contribution in [1.82, 2.24) is 5.32 Å². The fourth-order valence-electron chi connectivity index (χ4n) is 2.30. The summed E-state index contributed by atoms with van der Waals surface area (Å²) in [5, 5.41) is 9.04. The van der Waals surface area contributed by atoms with Crippen molar-refractivity contribution >= 4 is 41.6 Å². The van der Waals surface area contributed by atoms with Crippen molar-refractivity contribution in [2.45, 2.75) is 51.8 Å². The van der Waals surface area contributed by atoms with Crippen LogP contribution in [-0.2, 0) is 23.8 Å². The van der Waals surface area contributed by atoms with E-state index in [-0.39, 0.29) is 0 Å². The summed E-state index contributed by atoms with van der Waals surface area (Å²) in [7, 11) is 0. The van der Waals surface area contributed by atoms with Crippen molar-refractivity contribution in [2.24, 2.45) is 22.6 Å². The van der Waals surface area contributed by atoms with Crippen molar-refractivity contribution in [1.29, 1.82) is 5.41 Å². The van der Waals surface area contributed by atoms with Crippen LogP contribution < -0.4 is 11.1 Å². The van der Waals surface area contributed by atoms with E-state index < -0.39 is 72.2 Å². The van der Waals surface area contributed by atoms with Crippen LogP contribution in [0.1, 0.15) is 27.7 Å². The Labute approximate surface area is 172 Å². The smallest absolute Gasteiger partial charge is 0.345 e. The van der Waals surface area contributed by atoms with Crippen molar-refractivity contribution in [3.63, 3.8) is 0 Å². The van der Waals surface area contributed by atoms with Gasteiger partial charge in [0.05, 0.1) is 23.9 Å². The number of nitrogens with two attached hydrogens (primary N) is 1. The average molecular weight is 437 g/mol. The minimum atomic E-state index is -2.03. The number of hydrogen-bond acceptors (Lipinski definition) is 7. The number of rotatable bonds is 8. The molecule has 0 bridgehead atoms. The second kappa shape index (κ2) is 10.5. The number of hydrogen-bond donors (Lipinski definition) is 3. The van der Waals surface area contributed by atoms with Gasteiger partial charge < -0.3 is 30.7 Å². The number of esters is 2. The molecular weight excluding hydrogens is 411 g/mol. The maximum atomic E-state index is 15.1. The topological polar surface area (TPSA) is 153 Å². The van der Waals surface area contributed by atoms with E-state index in [2.05, 4.69) is 10.3 Å². The molecule has 1 aliphatic heterocycles. The summed E-state index contributed by atoms with van der Waals surface area (Å²) < 4.78 is 31.0. The van der Waals surface area contributed by atoms with Gasteiger partial charge in [-0.25, -0.2) is 9.18 Å². The molecule has 29 heavy (non-hydrogen) atoms. The second-order valence-electron chi connectivity index (χ2n) is 7.09. The lowest BCUT2D eigenvalue weighted by Crippen LogP contribution is -2.51. The Morgan fingerprint density at radius 1 is 1.31 bits per heavy atom. The van der Waals surface area contributed by atoms with Crippen molar-refractivity contribution in [3.05, 3.63) is 0 Å². The minimum absolute atomic E-state index is 0.396. The molecule has 0 aromatic rings. The van der Waals surface area contributed by atoms with E-state index in [0.29, 0.717) is 6.21 Å². The summed E-state index contributed by atoms with van der Waals surface area (Å²) in [5.41, 5.74) is 3.53. The molecule has 0 unspecified atom stereocenters. The zero-order chi connectivity index (χ0) is 22.4. The summed E-state index contributed by atoms with van der Waals surface area (Å²) in [5.74, 6) is -3.14. The molecule has 1 rings (SSSR count). The van der Waals surface area contributed by atoms with Gasteiger partial charge in [0, 0.05) is 0 Å². The molecule has 4 atom stereocenters. The molecule has 0 aromatic carbocycles. The van der Waals surface area contributed by atoms with E-state index in [1.54, 1.807) is 27.7 Å². The number of carbonyl (C=O) groups is 3. The Hall–Kier alpha value is -2.27. The number of amides is 2. The molecule has 0 radical (unpaired) electrons. The van der Waals surface area contributed by atoms with Gasteiger partial charge in [-0.15, -0.1) is 11.6 Å². The quantitative estimate of drug-likeness (QED) is 0.223. The fourth-order valence-corrected chi connectivity index (χ4v) is 2.59. The largest absolute Gasteiger partial charge is 0.462 e. The summed E-state index contributed by atoms with van der Waals surface area (Å²) in [4.78, 5) is 39.1. The normalized spacial score (nSPS) is 27.0. The predicted molar refractivity (Wildman–Crippen MR) is 103 cm³/mol. The number of nitrogens with zero attached hydrogens (tertiary/aromatic N) is 1. The molecule has 164 valence electrons. The summed E-state index contributed by atoms with van der Waals surface area (Å²) in [6.07, 6.45) is -4.56. The molecule has 1 heterocycles. The van der Waals surface area contributed by atoms with Crippen LogP contribution in [0.3, 0.4) is 0 Å². The number of amidine groups is 1. The predicted octanol–water partition coefficient (Wildman–Crippen LogP) is 1.14. The van der Waals surface area contributed by atoms with Crippen molar-refractivity contribution in [2.75, 3.05) is 12.5 Å². The molecule has 2 amide bonds. The van der Waals surface area contributed by atoms with Gasteiger partial charge in [-0.2, -0.15) is 4.99 Å². The number of alkyl halides is 2. The third-order valence-electron chi connectivity index (χ3n) is 3.97. The Bertz CT molecular complexity index is 674. The highest BCUT2D eigenvalue weighted by Crippen LogP contribution is 2.37. The highest BCUT2D eigenvalue weighted by molar-refractivity contribution is 6.29. The maximum Gasteiger partial charge on any atom is 0.345 e. The standard InChI is InChI=1S/C17H26ClFN4O6/c1-8(2)14(24)27-7-17(6-18)12(28-15(25)9(3)4)11(19)13(29-17)23-16(26)22-10(21)5-20/h5,8-9,11-13,20H,6-7H2,1-4H3,(H3,21,22,23,26)/t11-,12+,13-,17-/m1/s1. The van der Waals surface area contributed by atoms with Gasteiger partial charge >= 0.3 is 18.0 Å². The van der Waals surface area contributed by atoms with Crippen LogP contribution in [0.5, 0.6) is 0 Å². The molecule has 4 N–H and O–H groups in total. The SMILES string of the molecule is CC(C)C(=O)OC[C@@]1(CCl)O[C@@H](NC(=O)/N=C(/N)C=N)[C@H](F)[C@@H]1OC(=O)C(C)C. The van der Waals surface area contributed by atoms with E-state index in [1.165, 1.54) is 0 Å². The van der Waals surface area contributed by atoms with Crippen LogP contribution in [0.15, 0.2) is 4.99 Å². The Kier molecular flexibility index (Phi) is 8.96. The molecular formula is C17H26ClFN4O6. The van der Waals surface area contributed by atoms with Gasteiger partial charge in [-0.3, -0.25) is 9.59 Å². The summed E-state index contributed by atoms with van der Waals surface area (Å²) >= 11 is 6.00. The van der Waals surface area contributed by atoms with E-state index in [9.17, 15) is 14.4 Å². The Morgan fingerprint density at radius 3 is 2.38 bits per heavy atom. The van der Waals surface area contributed by atoms with Crippen LogP contribution in [0, 0.1) is 17.2 Å². The number of halogens is 2. The van der Waals surface area contributed by atoms with Crippen molar-refractivity contribution in [3.8, 4) is 0 Å². The van der Waals surface area contributed by atoms with Crippen LogP contribution in [0.4, 0.5) is 9.18 Å². The third kappa shape index (κ3) is 6.36. The molecule has 0 aromatic heterocycles. The number of ether oxygens (including phenoxy) is 3. The third-order valence-corrected chi connectivity index (χ3v) is 4.43. The summed E-state index contributed by atoms with van der Waals surface area (Å²) in [6.45, 7) is 5.83. The highest BCUT2D eigenvalue weighted by Gasteiger charge is 2.59. The lowest BCUT2D eigenvalue weighted by molar-refractivity contribution is -0.175. The number of urea groups is 1. The maximum absolute atomic E-state index is 15.1. The van der Waals surface area contributed by atoms with Crippen LogP contribution in [0.2, 0.25) is 0 Å². The second-order valence-corrected chi connectivity index (χ2v) is 7.35. The van der Waals surface area contributed by atoms with Crippen LogP contribution in [-0.4, -0.2) is 66.6 Å². The molecule has 0 aliphatic carbocycles. The molecule has 12 heteroatoms. The van der Waals surface area contributed by atoms with Gasteiger partial charge in [0.25, 0.3) is 0 Å². The van der Waals surface area contributed by atoms with Gasteiger partial charge in [-0.1, -0.05) is 27.7 Å². The van der Waals surface area contributed by atoms with Crippen molar-refractivity contribution < 1.29 is 33.0 Å². The first-order valence-corrected chi connectivity index (χ1v) is 9.41. The average Bonchev–Trinajstić information content (AvgIpc) is 2.91.